The van der Waals surface area contributed by atoms with Crippen molar-refractivity contribution in [3.8, 4) is 5.75 Å². The van der Waals surface area contributed by atoms with Crippen LogP contribution in [-0.4, -0.2) is 50.1 Å². The Bertz CT molecular complexity index is 938. The van der Waals surface area contributed by atoms with Crippen LogP contribution in [0.4, 0.5) is 0 Å². The zero-order chi connectivity index (χ0) is 22.8. The molecule has 2 N–H and O–H groups in total. The average molecular weight is 465 g/mol. The van der Waals surface area contributed by atoms with Crippen LogP contribution in [0.2, 0.25) is 5.02 Å². The number of hydrogen-bond acceptors (Lipinski definition) is 6. The van der Waals surface area contributed by atoms with Crippen molar-refractivity contribution >= 4 is 41.1 Å². The van der Waals surface area contributed by atoms with Gasteiger partial charge in [0, 0.05) is 6.54 Å². The molecule has 2 amide bonds. The first kappa shape index (κ1) is 24.6. The molecule has 0 aliphatic carbocycles. The summed E-state index contributed by atoms with van der Waals surface area (Å²) in [4.78, 5) is 37.3. The van der Waals surface area contributed by atoms with Gasteiger partial charge < -0.3 is 20.1 Å². The minimum Gasteiger partial charge on any atom is -0.496 e. The number of halogens is 1. The van der Waals surface area contributed by atoms with Crippen LogP contribution in [0.25, 0.3) is 0 Å². The van der Waals surface area contributed by atoms with Gasteiger partial charge in [0.25, 0.3) is 5.91 Å². The minimum atomic E-state index is -0.727. The van der Waals surface area contributed by atoms with E-state index in [2.05, 4.69) is 10.6 Å². The van der Waals surface area contributed by atoms with Gasteiger partial charge in [-0.3, -0.25) is 9.59 Å². The summed E-state index contributed by atoms with van der Waals surface area (Å²) in [6.45, 7) is 0.171. The Morgan fingerprint density at radius 3 is 2.48 bits per heavy atom. The van der Waals surface area contributed by atoms with Crippen LogP contribution in [0.1, 0.15) is 32.7 Å². The molecule has 2 aromatic rings. The lowest BCUT2D eigenvalue weighted by Gasteiger charge is -2.19. The van der Waals surface area contributed by atoms with Crippen molar-refractivity contribution in [2.24, 2.45) is 0 Å². The van der Waals surface area contributed by atoms with Gasteiger partial charge in [-0.2, -0.15) is 11.8 Å². The zero-order valence-electron chi connectivity index (χ0n) is 17.6. The highest BCUT2D eigenvalue weighted by atomic mass is 35.5. The average Bonchev–Trinajstić information content (AvgIpc) is 2.79. The first-order chi connectivity index (χ1) is 14.9. The maximum atomic E-state index is 12.8. The molecule has 0 saturated heterocycles. The van der Waals surface area contributed by atoms with Gasteiger partial charge in [-0.05, 0) is 48.3 Å². The Morgan fingerprint density at radius 2 is 1.84 bits per heavy atom. The number of ether oxygens (including phenoxy) is 2. The molecule has 0 unspecified atom stereocenters. The van der Waals surface area contributed by atoms with E-state index in [0.717, 1.165) is 0 Å². The van der Waals surface area contributed by atoms with Crippen LogP contribution in [0.5, 0.6) is 5.75 Å². The van der Waals surface area contributed by atoms with E-state index >= 15 is 0 Å². The largest absolute Gasteiger partial charge is 0.496 e. The van der Waals surface area contributed by atoms with E-state index in [1.54, 1.807) is 54.2 Å². The number of carbonyl (C=O) groups is 3. The summed E-state index contributed by atoms with van der Waals surface area (Å²) in [5, 5.41) is 5.89. The molecule has 9 heteroatoms. The molecule has 0 spiro atoms. The normalized spacial score (nSPS) is 11.4. The van der Waals surface area contributed by atoms with Crippen molar-refractivity contribution in [3.05, 3.63) is 64.2 Å². The van der Waals surface area contributed by atoms with Gasteiger partial charge in [-0.25, -0.2) is 4.79 Å². The molecule has 0 radical (unpaired) electrons. The van der Waals surface area contributed by atoms with Gasteiger partial charge in [0.2, 0.25) is 5.91 Å². The third-order valence-electron chi connectivity index (χ3n) is 4.49. The molecule has 2 rings (SSSR count). The van der Waals surface area contributed by atoms with Crippen LogP contribution in [-0.2, 0) is 16.1 Å². The Morgan fingerprint density at radius 1 is 1.10 bits per heavy atom. The van der Waals surface area contributed by atoms with Gasteiger partial charge >= 0.3 is 5.97 Å². The van der Waals surface area contributed by atoms with Gasteiger partial charge in [0.05, 0.1) is 24.8 Å². The number of amides is 2. The first-order valence-electron chi connectivity index (χ1n) is 9.48. The zero-order valence-corrected chi connectivity index (χ0v) is 19.1. The summed E-state index contributed by atoms with van der Waals surface area (Å²) in [5.74, 6) is -0.202. The van der Waals surface area contributed by atoms with Crippen LogP contribution in [0.3, 0.4) is 0 Å². The van der Waals surface area contributed by atoms with Crippen molar-refractivity contribution in [1.82, 2.24) is 10.6 Å². The van der Waals surface area contributed by atoms with Crippen LogP contribution < -0.4 is 15.4 Å². The highest BCUT2D eigenvalue weighted by Crippen LogP contribution is 2.21. The van der Waals surface area contributed by atoms with Crippen LogP contribution >= 0.6 is 23.4 Å². The second kappa shape index (κ2) is 12.2. The summed E-state index contributed by atoms with van der Waals surface area (Å²) < 4.78 is 9.95. The first-order valence-corrected chi connectivity index (χ1v) is 11.3. The molecule has 166 valence electrons. The van der Waals surface area contributed by atoms with E-state index in [9.17, 15) is 14.4 Å². The number of hydrogen-bond donors (Lipinski definition) is 2. The predicted octanol–water partition coefficient (Wildman–Crippen LogP) is 3.30. The molecule has 0 fully saturated rings. The molecule has 0 bridgehead atoms. The van der Waals surface area contributed by atoms with Crippen molar-refractivity contribution in [3.63, 3.8) is 0 Å². The van der Waals surface area contributed by atoms with Crippen molar-refractivity contribution < 1.29 is 23.9 Å². The van der Waals surface area contributed by atoms with Gasteiger partial charge in [-0.1, -0.05) is 29.8 Å². The molecule has 0 heterocycles. The summed E-state index contributed by atoms with van der Waals surface area (Å²) in [5.41, 5.74) is 1.27. The number of benzene rings is 2. The third kappa shape index (κ3) is 6.90. The lowest BCUT2D eigenvalue weighted by Crippen LogP contribution is -2.47. The second-order valence-electron chi connectivity index (χ2n) is 6.53. The SMILES string of the molecule is COC(=O)c1cc(CNC(=O)[C@@H](CCSC)NC(=O)c2ccccc2Cl)ccc1OC. The number of nitrogens with one attached hydrogen (secondary N) is 2. The van der Waals surface area contributed by atoms with E-state index in [4.69, 9.17) is 21.1 Å². The molecule has 0 saturated carbocycles. The molecule has 7 nitrogen and oxygen atoms in total. The molecule has 31 heavy (non-hydrogen) atoms. The number of thioether (sulfide) groups is 1. The Labute approximate surface area is 190 Å². The van der Waals surface area contributed by atoms with E-state index < -0.39 is 17.9 Å². The van der Waals surface area contributed by atoms with Crippen molar-refractivity contribution in [1.29, 1.82) is 0 Å². The maximum Gasteiger partial charge on any atom is 0.341 e. The fourth-order valence-corrected chi connectivity index (χ4v) is 3.53. The third-order valence-corrected chi connectivity index (χ3v) is 5.46. The minimum absolute atomic E-state index is 0.171. The van der Waals surface area contributed by atoms with Crippen LogP contribution in [0, 0.1) is 0 Å². The Hall–Kier alpha value is -2.71. The fourth-order valence-electron chi connectivity index (χ4n) is 2.83. The van der Waals surface area contributed by atoms with E-state index in [1.807, 2.05) is 6.26 Å². The lowest BCUT2D eigenvalue weighted by atomic mass is 10.1. The smallest absolute Gasteiger partial charge is 0.341 e. The molecule has 0 aliphatic heterocycles. The quantitative estimate of drug-likeness (QED) is 0.524. The summed E-state index contributed by atoms with van der Waals surface area (Å²) in [6.07, 6.45) is 2.38. The van der Waals surface area contributed by atoms with Crippen molar-refractivity contribution in [2.75, 3.05) is 26.2 Å². The molecule has 2 aromatic carbocycles. The molecular formula is C22H25ClN2O5S. The predicted molar refractivity (Wildman–Crippen MR) is 122 cm³/mol. The monoisotopic (exact) mass is 464 g/mol. The molecule has 1 atom stereocenters. The second-order valence-corrected chi connectivity index (χ2v) is 7.92. The van der Waals surface area contributed by atoms with Crippen LogP contribution in [0.15, 0.2) is 42.5 Å². The molecule has 0 aliphatic rings. The van der Waals surface area contributed by atoms with E-state index in [1.165, 1.54) is 14.2 Å². The molecular weight excluding hydrogens is 440 g/mol. The fraction of sp³-hybridized carbons (Fsp3) is 0.318. The standard InChI is InChI=1S/C22H25ClN2O5S/c1-29-19-9-8-14(12-16(19)22(28)30-2)13-24-21(27)18(10-11-31-3)25-20(26)15-6-4-5-7-17(15)23/h4-9,12,18H,10-11,13H2,1-3H3,(H,24,27)(H,25,26)/t18-/m1/s1. The molecule has 0 aromatic heterocycles. The Kier molecular flexibility index (Phi) is 9.68. The highest BCUT2D eigenvalue weighted by Gasteiger charge is 2.22. The van der Waals surface area contributed by atoms with Gasteiger partial charge in [0.15, 0.2) is 0 Å². The van der Waals surface area contributed by atoms with Gasteiger partial charge in [0.1, 0.15) is 17.4 Å². The van der Waals surface area contributed by atoms with Gasteiger partial charge in [-0.15, -0.1) is 0 Å². The summed E-state index contributed by atoms with van der Waals surface area (Å²) in [6, 6.07) is 10.9. The number of methoxy groups -OCH3 is 2. The topological polar surface area (TPSA) is 93.7 Å². The number of carbonyl (C=O) groups excluding carboxylic acids is 3. The Balaban J connectivity index is 2.09. The number of esters is 1. The van der Waals surface area contributed by atoms with Crippen molar-refractivity contribution in [2.45, 2.75) is 19.0 Å². The number of rotatable bonds is 10. The van der Waals surface area contributed by atoms with E-state index in [-0.39, 0.29) is 18.0 Å². The lowest BCUT2D eigenvalue weighted by molar-refractivity contribution is -0.123. The summed E-state index contributed by atoms with van der Waals surface area (Å²) >= 11 is 7.67. The van der Waals surface area contributed by atoms with E-state index in [0.29, 0.717) is 34.1 Å². The summed E-state index contributed by atoms with van der Waals surface area (Å²) in [7, 11) is 2.75. The highest BCUT2D eigenvalue weighted by molar-refractivity contribution is 7.98. The maximum absolute atomic E-state index is 12.8.